The number of allylic oxidation sites excluding steroid dienone is 4. The van der Waals surface area contributed by atoms with Gasteiger partial charge in [-0.25, -0.2) is 14.4 Å². The number of imidazole rings is 1. The summed E-state index contributed by atoms with van der Waals surface area (Å²) in [6.07, 6.45) is 5.45. The van der Waals surface area contributed by atoms with Crippen molar-refractivity contribution in [2.24, 2.45) is 0 Å². The number of aromatic nitrogens is 4. The first-order valence-corrected chi connectivity index (χ1v) is 12.1. The van der Waals surface area contributed by atoms with E-state index in [9.17, 15) is 17.6 Å². The van der Waals surface area contributed by atoms with E-state index in [1.165, 1.54) is 0 Å². The van der Waals surface area contributed by atoms with Gasteiger partial charge in [0, 0.05) is 60.9 Å². The Labute approximate surface area is 216 Å². The Morgan fingerprint density at radius 2 is 1.82 bits per heavy atom. The summed E-state index contributed by atoms with van der Waals surface area (Å²) in [5.74, 6) is -0.489. The average molecular weight is 524 g/mol. The smallest absolute Gasteiger partial charge is 0.371 e. The molecule has 0 atom stereocenters. The molecule has 196 valence electrons. The number of halogens is 4. The maximum atomic E-state index is 13.9. The lowest BCUT2D eigenvalue weighted by atomic mass is 10.1. The van der Waals surface area contributed by atoms with Gasteiger partial charge >= 0.3 is 6.18 Å². The van der Waals surface area contributed by atoms with Crippen LogP contribution >= 0.6 is 0 Å². The van der Waals surface area contributed by atoms with Crippen molar-refractivity contribution in [3.05, 3.63) is 96.1 Å². The zero-order chi connectivity index (χ0) is 26.5. The molecule has 4 aromatic rings. The molecule has 3 aromatic heterocycles. The fourth-order valence-electron chi connectivity index (χ4n) is 4.19. The summed E-state index contributed by atoms with van der Waals surface area (Å²) < 4.78 is 55.3. The number of fused-ring (bicyclic) bond motifs is 1. The first-order chi connectivity index (χ1) is 18.4. The fraction of sp³-hybridized carbons (Fsp3) is 0.222. The zero-order valence-electron chi connectivity index (χ0n) is 20.3. The third kappa shape index (κ3) is 5.93. The SMILES string of the molecule is FC1=C(C(F)(F)F)C=C(NCNc2cccc(-c3cn4ccnc4c(NCc4ccncc4)n3)c2)CCC1. The summed E-state index contributed by atoms with van der Waals surface area (Å²) in [6, 6.07) is 11.4. The largest absolute Gasteiger partial charge is 0.418 e. The molecule has 0 saturated carbocycles. The van der Waals surface area contributed by atoms with E-state index in [2.05, 4.69) is 25.9 Å². The Balaban J connectivity index is 1.30. The van der Waals surface area contributed by atoms with Gasteiger partial charge in [-0.15, -0.1) is 0 Å². The quantitative estimate of drug-likeness (QED) is 0.188. The molecule has 0 saturated heterocycles. The highest BCUT2D eigenvalue weighted by Crippen LogP contribution is 2.35. The van der Waals surface area contributed by atoms with Gasteiger partial charge in [-0.3, -0.25) is 4.98 Å². The molecule has 1 aliphatic carbocycles. The minimum Gasteiger partial charge on any atom is -0.371 e. The highest BCUT2D eigenvalue weighted by atomic mass is 19.4. The number of alkyl halides is 3. The summed E-state index contributed by atoms with van der Waals surface area (Å²) in [5, 5.41) is 9.47. The molecule has 3 heterocycles. The minimum atomic E-state index is -4.72. The molecule has 11 heteroatoms. The molecule has 7 nitrogen and oxygen atoms in total. The summed E-state index contributed by atoms with van der Waals surface area (Å²) >= 11 is 0. The standard InChI is InChI=1S/C27H25F4N7/c28-23-6-2-5-21(14-22(23)27(29,30)31)36-17-35-20-4-1-3-19(13-20)24-16-38-12-11-33-26(38)25(37-24)34-15-18-7-9-32-10-8-18/h1,3-4,7-14,16,35-36H,2,5-6,15,17H2,(H,34,37). The van der Waals surface area contributed by atoms with Crippen LogP contribution in [0.25, 0.3) is 16.9 Å². The number of anilines is 2. The third-order valence-electron chi connectivity index (χ3n) is 6.11. The molecule has 1 aliphatic rings. The van der Waals surface area contributed by atoms with Crippen LogP contribution in [0.3, 0.4) is 0 Å². The summed E-state index contributed by atoms with van der Waals surface area (Å²) in [5.41, 5.74) is 3.18. The molecule has 0 bridgehead atoms. The van der Waals surface area contributed by atoms with E-state index in [0.29, 0.717) is 42.2 Å². The molecule has 1 aromatic carbocycles. The van der Waals surface area contributed by atoms with Crippen LogP contribution in [0.2, 0.25) is 0 Å². The normalized spacial score (nSPS) is 14.3. The Bertz CT molecular complexity index is 1480. The predicted octanol–water partition coefficient (Wildman–Crippen LogP) is 6.22. The first kappa shape index (κ1) is 25.2. The van der Waals surface area contributed by atoms with Crippen LogP contribution in [0.1, 0.15) is 24.8 Å². The first-order valence-electron chi connectivity index (χ1n) is 12.1. The lowest BCUT2D eigenvalue weighted by molar-refractivity contribution is -0.0902. The summed E-state index contributed by atoms with van der Waals surface area (Å²) in [6.45, 7) is 0.731. The molecule has 3 N–H and O–H groups in total. The second-order valence-electron chi connectivity index (χ2n) is 8.79. The highest BCUT2D eigenvalue weighted by molar-refractivity contribution is 5.71. The molecule has 0 radical (unpaired) electrons. The van der Waals surface area contributed by atoms with Crippen LogP contribution in [-0.4, -0.2) is 32.2 Å². The highest BCUT2D eigenvalue weighted by Gasteiger charge is 2.36. The van der Waals surface area contributed by atoms with Crippen molar-refractivity contribution < 1.29 is 17.6 Å². The van der Waals surface area contributed by atoms with E-state index in [-0.39, 0.29) is 13.1 Å². The molecule has 0 spiro atoms. The molecule has 0 amide bonds. The van der Waals surface area contributed by atoms with E-state index in [1.807, 2.05) is 53.2 Å². The van der Waals surface area contributed by atoms with Gasteiger partial charge in [-0.1, -0.05) is 12.1 Å². The number of pyridine rings is 1. The van der Waals surface area contributed by atoms with Crippen LogP contribution in [0.5, 0.6) is 0 Å². The second kappa shape index (κ2) is 10.9. The van der Waals surface area contributed by atoms with Gasteiger partial charge < -0.3 is 20.4 Å². The molecular formula is C27H25F4N7. The number of rotatable bonds is 8. The monoisotopic (exact) mass is 523 g/mol. The maximum absolute atomic E-state index is 13.9. The molecule has 0 aliphatic heterocycles. The fourth-order valence-corrected chi connectivity index (χ4v) is 4.19. The van der Waals surface area contributed by atoms with Crippen molar-refractivity contribution in [3.8, 4) is 11.3 Å². The third-order valence-corrected chi connectivity index (χ3v) is 6.11. The van der Waals surface area contributed by atoms with Gasteiger partial charge in [0.15, 0.2) is 11.5 Å². The van der Waals surface area contributed by atoms with Gasteiger partial charge in [0.1, 0.15) is 5.83 Å². The average Bonchev–Trinajstić information content (AvgIpc) is 3.30. The van der Waals surface area contributed by atoms with Crippen LogP contribution < -0.4 is 16.0 Å². The van der Waals surface area contributed by atoms with Crippen LogP contribution in [0.15, 0.2) is 90.6 Å². The van der Waals surface area contributed by atoms with Crippen molar-refractivity contribution in [2.45, 2.75) is 32.0 Å². The maximum Gasteiger partial charge on any atom is 0.418 e. The van der Waals surface area contributed by atoms with Crippen LogP contribution in [-0.2, 0) is 6.54 Å². The number of nitrogens with zero attached hydrogens (tertiary/aromatic N) is 4. The lowest BCUT2D eigenvalue weighted by Gasteiger charge is -2.14. The van der Waals surface area contributed by atoms with Crippen molar-refractivity contribution >= 4 is 17.2 Å². The van der Waals surface area contributed by atoms with Gasteiger partial charge in [-0.2, -0.15) is 13.2 Å². The minimum absolute atomic E-state index is 0.175. The number of hydrogen-bond acceptors (Lipinski definition) is 6. The van der Waals surface area contributed by atoms with Gasteiger partial charge in [0.2, 0.25) is 0 Å². The number of hydrogen-bond donors (Lipinski definition) is 3. The molecular weight excluding hydrogens is 498 g/mol. The number of nitrogens with one attached hydrogen (secondary N) is 3. The predicted molar refractivity (Wildman–Crippen MR) is 138 cm³/mol. The van der Waals surface area contributed by atoms with Gasteiger partial charge in [0.05, 0.1) is 17.9 Å². The molecule has 0 fully saturated rings. The molecule has 5 rings (SSSR count). The molecule has 0 unspecified atom stereocenters. The topological polar surface area (TPSA) is 79.2 Å². The van der Waals surface area contributed by atoms with E-state index < -0.39 is 17.6 Å². The van der Waals surface area contributed by atoms with Crippen molar-refractivity contribution in [3.63, 3.8) is 0 Å². The Morgan fingerprint density at radius 3 is 2.63 bits per heavy atom. The Kier molecular flexibility index (Phi) is 7.25. The number of benzene rings is 1. The van der Waals surface area contributed by atoms with Crippen LogP contribution in [0, 0.1) is 0 Å². The Morgan fingerprint density at radius 1 is 0.974 bits per heavy atom. The van der Waals surface area contributed by atoms with Gasteiger partial charge in [-0.05, 0) is 48.7 Å². The van der Waals surface area contributed by atoms with E-state index in [4.69, 9.17) is 4.98 Å². The summed E-state index contributed by atoms with van der Waals surface area (Å²) in [4.78, 5) is 13.2. The molecule has 38 heavy (non-hydrogen) atoms. The van der Waals surface area contributed by atoms with Crippen molar-refractivity contribution in [1.82, 2.24) is 24.7 Å². The Hall–Kier alpha value is -4.41. The second-order valence-corrected chi connectivity index (χ2v) is 8.79. The van der Waals surface area contributed by atoms with E-state index in [0.717, 1.165) is 22.9 Å². The lowest BCUT2D eigenvalue weighted by Crippen LogP contribution is -2.22. The summed E-state index contributed by atoms with van der Waals surface area (Å²) in [7, 11) is 0. The van der Waals surface area contributed by atoms with Gasteiger partial charge in [0.25, 0.3) is 0 Å². The van der Waals surface area contributed by atoms with Crippen LogP contribution in [0.4, 0.5) is 29.1 Å². The van der Waals surface area contributed by atoms with Crippen molar-refractivity contribution in [1.29, 1.82) is 0 Å². The van der Waals surface area contributed by atoms with E-state index in [1.54, 1.807) is 18.6 Å². The van der Waals surface area contributed by atoms with Crippen molar-refractivity contribution in [2.75, 3.05) is 17.3 Å². The zero-order valence-corrected chi connectivity index (χ0v) is 20.3. The van der Waals surface area contributed by atoms with E-state index >= 15 is 0 Å².